The van der Waals surface area contributed by atoms with Crippen molar-refractivity contribution in [3.05, 3.63) is 29.3 Å². The second-order valence-electron chi connectivity index (χ2n) is 7.38. The Labute approximate surface area is 165 Å². The van der Waals surface area contributed by atoms with Crippen LogP contribution in [-0.4, -0.2) is 33.7 Å². The van der Waals surface area contributed by atoms with Crippen molar-refractivity contribution in [2.24, 2.45) is 5.92 Å². The molecule has 1 N–H and O–H groups in total. The Morgan fingerprint density at radius 1 is 1.19 bits per heavy atom. The maximum absolute atomic E-state index is 12.3. The number of sulfonamides is 1. The Balaban J connectivity index is 2.60. The normalized spacial score (nSPS) is 12.6. The van der Waals surface area contributed by atoms with E-state index in [1.165, 1.54) is 23.4 Å². The van der Waals surface area contributed by atoms with Crippen LogP contribution in [0.25, 0.3) is 0 Å². The number of carbonyl (C=O) groups excluding carboxylic acids is 1. The van der Waals surface area contributed by atoms with Gasteiger partial charge in [0.2, 0.25) is 15.9 Å². The fraction of sp³-hybridized carbons (Fsp3) is 0.667. The van der Waals surface area contributed by atoms with Crippen LogP contribution in [-0.2, 0) is 14.8 Å². The molecule has 1 aromatic rings. The Morgan fingerprint density at radius 2 is 1.89 bits per heavy atom. The number of rotatable bonds is 12. The molecule has 0 saturated carbocycles. The molecule has 0 spiro atoms. The average molecular weight is 397 g/mol. The molecular weight excluding hydrogens is 360 g/mol. The van der Waals surface area contributed by atoms with E-state index in [1.54, 1.807) is 0 Å². The minimum Gasteiger partial charge on any atom is -0.356 e. The second-order valence-corrected chi connectivity index (χ2v) is 9.29. The zero-order chi connectivity index (χ0) is 20.4. The molecule has 5 nitrogen and oxygen atoms in total. The van der Waals surface area contributed by atoms with Crippen LogP contribution in [0, 0.1) is 19.8 Å². The van der Waals surface area contributed by atoms with Crippen LogP contribution in [0.4, 0.5) is 5.69 Å². The topological polar surface area (TPSA) is 66.5 Å². The molecule has 154 valence electrons. The van der Waals surface area contributed by atoms with Gasteiger partial charge < -0.3 is 5.32 Å². The van der Waals surface area contributed by atoms with Crippen LogP contribution in [0.3, 0.4) is 0 Å². The summed E-state index contributed by atoms with van der Waals surface area (Å²) in [6.07, 6.45) is 6.61. The number of carbonyl (C=O) groups is 1. The summed E-state index contributed by atoms with van der Waals surface area (Å²) in [7, 11) is -3.39. The lowest BCUT2D eigenvalue weighted by molar-refractivity contribution is -0.121. The van der Waals surface area contributed by atoms with Crippen molar-refractivity contribution in [2.75, 3.05) is 23.7 Å². The Morgan fingerprint density at radius 3 is 2.48 bits per heavy atom. The number of nitrogens with zero attached hydrogens (tertiary/aromatic N) is 1. The van der Waals surface area contributed by atoms with E-state index < -0.39 is 10.0 Å². The molecule has 0 radical (unpaired) electrons. The fourth-order valence-electron chi connectivity index (χ4n) is 3.14. The van der Waals surface area contributed by atoms with Crippen LogP contribution in [0.15, 0.2) is 18.2 Å². The minimum atomic E-state index is -3.39. The summed E-state index contributed by atoms with van der Waals surface area (Å²) in [6.45, 7) is 9.24. The van der Waals surface area contributed by atoms with Crippen molar-refractivity contribution in [2.45, 2.75) is 66.2 Å². The predicted octanol–water partition coefficient (Wildman–Crippen LogP) is 4.18. The molecule has 27 heavy (non-hydrogen) atoms. The smallest absolute Gasteiger partial charge is 0.232 e. The van der Waals surface area contributed by atoms with Crippen molar-refractivity contribution in [1.82, 2.24) is 5.32 Å². The lowest BCUT2D eigenvalue weighted by Crippen LogP contribution is -2.33. The SMILES string of the molecule is CCCC[C@@H](CC)CNC(=O)CCCN(c1cccc(C)c1C)S(C)(=O)=O. The Bertz CT molecular complexity index is 701. The third kappa shape index (κ3) is 7.91. The van der Waals surface area contributed by atoms with E-state index in [1.807, 2.05) is 32.0 Å². The van der Waals surface area contributed by atoms with Gasteiger partial charge in [-0.25, -0.2) is 8.42 Å². The zero-order valence-electron chi connectivity index (χ0n) is 17.5. The van der Waals surface area contributed by atoms with Gasteiger partial charge in [0, 0.05) is 19.5 Å². The fourth-order valence-corrected chi connectivity index (χ4v) is 4.16. The number of aryl methyl sites for hydroxylation is 1. The van der Waals surface area contributed by atoms with Crippen LogP contribution >= 0.6 is 0 Å². The molecule has 0 saturated heterocycles. The highest BCUT2D eigenvalue weighted by Gasteiger charge is 2.20. The maximum Gasteiger partial charge on any atom is 0.232 e. The quantitative estimate of drug-likeness (QED) is 0.576. The van der Waals surface area contributed by atoms with E-state index in [4.69, 9.17) is 0 Å². The van der Waals surface area contributed by atoms with Gasteiger partial charge in [0.15, 0.2) is 0 Å². The highest BCUT2D eigenvalue weighted by molar-refractivity contribution is 7.92. The number of hydrogen-bond acceptors (Lipinski definition) is 3. The third-order valence-electron chi connectivity index (χ3n) is 5.14. The average Bonchev–Trinajstić information content (AvgIpc) is 2.61. The van der Waals surface area contributed by atoms with E-state index >= 15 is 0 Å². The van der Waals surface area contributed by atoms with Gasteiger partial charge >= 0.3 is 0 Å². The van der Waals surface area contributed by atoms with Crippen molar-refractivity contribution >= 4 is 21.6 Å². The van der Waals surface area contributed by atoms with Gasteiger partial charge in [0.05, 0.1) is 11.9 Å². The Kier molecular flexibility index (Phi) is 9.84. The summed E-state index contributed by atoms with van der Waals surface area (Å²) >= 11 is 0. The summed E-state index contributed by atoms with van der Waals surface area (Å²) in [5.41, 5.74) is 2.70. The van der Waals surface area contributed by atoms with Gasteiger partial charge in [0.25, 0.3) is 0 Å². The van der Waals surface area contributed by atoms with Gasteiger partial charge in [-0.2, -0.15) is 0 Å². The van der Waals surface area contributed by atoms with Gasteiger partial charge in [-0.05, 0) is 49.8 Å². The number of unbranched alkanes of at least 4 members (excludes halogenated alkanes) is 1. The van der Waals surface area contributed by atoms with Crippen LogP contribution < -0.4 is 9.62 Å². The van der Waals surface area contributed by atoms with Gasteiger partial charge in [-0.3, -0.25) is 9.10 Å². The van der Waals surface area contributed by atoms with Crippen molar-refractivity contribution in [3.63, 3.8) is 0 Å². The standard InChI is InChI=1S/C21H36N2O3S/c1-6-8-12-19(7-2)16-22-21(24)14-10-15-23(27(5,25)26)20-13-9-11-17(3)18(20)4/h9,11,13,19H,6-8,10,12,14-16H2,1-5H3,(H,22,24)/t19-/m1/s1. The molecular formula is C21H36N2O3S. The number of benzene rings is 1. The molecule has 1 aromatic carbocycles. The molecule has 0 fully saturated rings. The first-order chi connectivity index (χ1) is 12.7. The molecule has 6 heteroatoms. The van der Waals surface area contributed by atoms with E-state index in [2.05, 4.69) is 19.2 Å². The van der Waals surface area contributed by atoms with Gasteiger partial charge in [0.1, 0.15) is 0 Å². The minimum absolute atomic E-state index is 0.000589. The highest BCUT2D eigenvalue weighted by atomic mass is 32.2. The second kappa shape index (κ2) is 11.3. The molecule has 1 amide bonds. The van der Waals surface area contributed by atoms with Crippen molar-refractivity contribution in [1.29, 1.82) is 0 Å². The van der Waals surface area contributed by atoms with E-state index in [9.17, 15) is 13.2 Å². The molecule has 0 aliphatic rings. The number of nitrogens with one attached hydrogen (secondary N) is 1. The lowest BCUT2D eigenvalue weighted by atomic mass is 9.99. The summed E-state index contributed by atoms with van der Waals surface area (Å²) in [5.74, 6) is 0.524. The zero-order valence-corrected chi connectivity index (χ0v) is 18.4. The van der Waals surface area contributed by atoms with Gasteiger partial charge in [-0.15, -0.1) is 0 Å². The lowest BCUT2D eigenvalue weighted by Gasteiger charge is -2.25. The molecule has 1 atom stereocenters. The predicted molar refractivity (Wildman–Crippen MR) is 114 cm³/mol. The first-order valence-electron chi connectivity index (χ1n) is 10.0. The Hall–Kier alpha value is -1.56. The third-order valence-corrected chi connectivity index (χ3v) is 6.32. The van der Waals surface area contributed by atoms with E-state index in [0.717, 1.165) is 24.0 Å². The molecule has 0 heterocycles. The van der Waals surface area contributed by atoms with Crippen molar-refractivity contribution in [3.8, 4) is 0 Å². The van der Waals surface area contributed by atoms with Crippen LogP contribution in [0.1, 0.15) is 63.5 Å². The molecule has 1 rings (SSSR count). The summed E-state index contributed by atoms with van der Waals surface area (Å²) < 4.78 is 25.9. The molecule has 0 unspecified atom stereocenters. The van der Waals surface area contributed by atoms with Crippen molar-refractivity contribution < 1.29 is 13.2 Å². The molecule has 0 aromatic heterocycles. The summed E-state index contributed by atoms with van der Waals surface area (Å²) in [4.78, 5) is 12.1. The largest absolute Gasteiger partial charge is 0.356 e. The summed E-state index contributed by atoms with van der Waals surface area (Å²) in [5, 5.41) is 3.01. The maximum atomic E-state index is 12.3. The van der Waals surface area contributed by atoms with Crippen LogP contribution in [0.5, 0.6) is 0 Å². The first kappa shape index (κ1) is 23.5. The van der Waals surface area contributed by atoms with E-state index in [-0.39, 0.29) is 5.91 Å². The highest BCUT2D eigenvalue weighted by Crippen LogP contribution is 2.25. The number of amides is 1. The summed E-state index contributed by atoms with van der Waals surface area (Å²) in [6, 6.07) is 5.65. The molecule has 0 bridgehead atoms. The van der Waals surface area contributed by atoms with E-state index in [0.29, 0.717) is 37.5 Å². The monoisotopic (exact) mass is 396 g/mol. The molecule has 0 aliphatic heterocycles. The van der Waals surface area contributed by atoms with Crippen LogP contribution in [0.2, 0.25) is 0 Å². The first-order valence-corrected chi connectivity index (χ1v) is 11.9. The molecule has 0 aliphatic carbocycles. The van der Waals surface area contributed by atoms with Gasteiger partial charge in [-0.1, -0.05) is 45.2 Å². The number of hydrogen-bond donors (Lipinski definition) is 1. The number of anilines is 1.